The van der Waals surface area contributed by atoms with E-state index in [9.17, 15) is 0 Å². The SMILES string of the molecule is Br.NCc1ccc(Br)cc1. The smallest absolute Gasteiger partial charge is 0.0178 e. The van der Waals surface area contributed by atoms with Gasteiger partial charge in [0.25, 0.3) is 0 Å². The van der Waals surface area contributed by atoms with Crippen molar-refractivity contribution in [2.45, 2.75) is 6.54 Å². The summed E-state index contributed by atoms with van der Waals surface area (Å²) in [4.78, 5) is 0. The number of halogens is 2. The fraction of sp³-hybridized carbons (Fsp3) is 0.143. The standard InChI is InChI=1S/C7H8BrN.BrH/c8-7-3-1-6(5-9)2-4-7;/h1-4H,5,9H2;1H. The molecule has 0 saturated carbocycles. The molecular weight excluding hydrogens is 258 g/mol. The zero-order chi connectivity index (χ0) is 6.69. The maximum Gasteiger partial charge on any atom is 0.0178 e. The molecule has 0 aromatic heterocycles. The molecular formula is C7H9Br2N. The lowest BCUT2D eigenvalue weighted by Crippen LogP contribution is -1.94. The Balaban J connectivity index is 0.000000810. The van der Waals surface area contributed by atoms with Crippen molar-refractivity contribution in [2.75, 3.05) is 0 Å². The summed E-state index contributed by atoms with van der Waals surface area (Å²) in [5.74, 6) is 0. The van der Waals surface area contributed by atoms with Crippen LogP contribution in [0.25, 0.3) is 0 Å². The highest BCUT2D eigenvalue weighted by Crippen LogP contribution is 2.09. The Morgan fingerprint density at radius 2 is 1.70 bits per heavy atom. The van der Waals surface area contributed by atoms with Gasteiger partial charge in [0.05, 0.1) is 0 Å². The van der Waals surface area contributed by atoms with E-state index in [4.69, 9.17) is 5.73 Å². The summed E-state index contributed by atoms with van der Waals surface area (Å²) in [6.07, 6.45) is 0. The van der Waals surface area contributed by atoms with Crippen molar-refractivity contribution >= 4 is 32.9 Å². The first-order valence-corrected chi connectivity index (χ1v) is 3.57. The van der Waals surface area contributed by atoms with E-state index in [1.54, 1.807) is 0 Å². The summed E-state index contributed by atoms with van der Waals surface area (Å²) in [6.45, 7) is 0.618. The monoisotopic (exact) mass is 265 g/mol. The Hall–Kier alpha value is 0.140. The summed E-state index contributed by atoms with van der Waals surface area (Å²) in [5, 5.41) is 0. The van der Waals surface area contributed by atoms with Gasteiger partial charge in [-0.05, 0) is 17.7 Å². The fourth-order valence-corrected chi connectivity index (χ4v) is 0.885. The number of rotatable bonds is 1. The molecule has 0 radical (unpaired) electrons. The molecule has 2 N–H and O–H groups in total. The van der Waals surface area contributed by atoms with Crippen molar-refractivity contribution in [1.82, 2.24) is 0 Å². The molecule has 0 aliphatic carbocycles. The second-order valence-corrected chi connectivity index (χ2v) is 2.75. The third-order valence-electron chi connectivity index (χ3n) is 1.15. The van der Waals surface area contributed by atoms with Gasteiger partial charge in [-0.2, -0.15) is 0 Å². The number of hydrogen-bond acceptors (Lipinski definition) is 1. The summed E-state index contributed by atoms with van der Waals surface area (Å²) in [7, 11) is 0. The molecule has 1 rings (SSSR count). The zero-order valence-electron chi connectivity index (χ0n) is 5.38. The van der Waals surface area contributed by atoms with Crippen LogP contribution in [0.15, 0.2) is 28.7 Å². The lowest BCUT2D eigenvalue weighted by molar-refractivity contribution is 1.07. The van der Waals surface area contributed by atoms with Gasteiger partial charge < -0.3 is 5.73 Å². The highest BCUT2D eigenvalue weighted by molar-refractivity contribution is 9.10. The molecule has 0 aliphatic heterocycles. The minimum atomic E-state index is 0. The zero-order valence-corrected chi connectivity index (χ0v) is 8.68. The predicted octanol–water partition coefficient (Wildman–Crippen LogP) is 2.49. The number of nitrogens with two attached hydrogens (primary N) is 1. The van der Waals surface area contributed by atoms with Crippen LogP contribution < -0.4 is 5.73 Å². The van der Waals surface area contributed by atoms with E-state index in [0.29, 0.717) is 6.54 Å². The van der Waals surface area contributed by atoms with Gasteiger partial charge in [-0.3, -0.25) is 0 Å². The Kier molecular flexibility index (Phi) is 4.95. The molecule has 1 aromatic rings. The van der Waals surface area contributed by atoms with Crippen LogP contribution in [-0.4, -0.2) is 0 Å². The largest absolute Gasteiger partial charge is 0.326 e. The van der Waals surface area contributed by atoms with Crippen LogP contribution in [0.4, 0.5) is 0 Å². The third kappa shape index (κ3) is 2.82. The van der Waals surface area contributed by atoms with Gasteiger partial charge in [0.15, 0.2) is 0 Å². The molecule has 1 aromatic carbocycles. The van der Waals surface area contributed by atoms with Gasteiger partial charge in [0.1, 0.15) is 0 Å². The molecule has 56 valence electrons. The second-order valence-electron chi connectivity index (χ2n) is 1.83. The Labute approximate surface area is 79.5 Å². The van der Waals surface area contributed by atoms with Gasteiger partial charge in [-0.1, -0.05) is 28.1 Å². The van der Waals surface area contributed by atoms with Crippen LogP contribution in [0.1, 0.15) is 5.56 Å². The molecule has 0 unspecified atom stereocenters. The summed E-state index contributed by atoms with van der Waals surface area (Å²) in [5.41, 5.74) is 6.55. The van der Waals surface area contributed by atoms with Crippen molar-refractivity contribution in [1.29, 1.82) is 0 Å². The van der Waals surface area contributed by atoms with Gasteiger partial charge in [0.2, 0.25) is 0 Å². The van der Waals surface area contributed by atoms with Crippen molar-refractivity contribution < 1.29 is 0 Å². The average Bonchev–Trinajstić information content (AvgIpc) is 1.90. The molecule has 0 saturated heterocycles. The quantitative estimate of drug-likeness (QED) is 0.831. The van der Waals surface area contributed by atoms with Crippen LogP contribution in [0.2, 0.25) is 0 Å². The third-order valence-corrected chi connectivity index (χ3v) is 1.68. The van der Waals surface area contributed by atoms with E-state index >= 15 is 0 Å². The van der Waals surface area contributed by atoms with Gasteiger partial charge in [0, 0.05) is 11.0 Å². The van der Waals surface area contributed by atoms with Crippen molar-refractivity contribution in [2.24, 2.45) is 5.73 Å². The van der Waals surface area contributed by atoms with Crippen molar-refractivity contribution in [3.63, 3.8) is 0 Å². The highest BCUT2D eigenvalue weighted by atomic mass is 79.9. The molecule has 0 aliphatic rings. The summed E-state index contributed by atoms with van der Waals surface area (Å²) >= 11 is 3.33. The van der Waals surface area contributed by atoms with Gasteiger partial charge in [-0.25, -0.2) is 0 Å². The van der Waals surface area contributed by atoms with E-state index in [-0.39, 0.29) is 17.0 Å². The molecule has 3 heteroatoms. The van der Waals surface area contributed by atoms with E-state index in [1.165, 1.54) is 5.56 Å². The van der Waals surface area contributed by atoms with Crippen molar-refractivity contribution in [3.8, 4) is 0 Å². The molecule has 0 heterocycles. The second kappa shape index (κ2) is 4.88. The first-order chi connectivity index (χ1) is 4.33. The van der Waals surface area contributed by atoms with E-state index in [0.717, 1.165) is 4.47 Å². The highest BCUT2D eigenvalue weighted by Gasteiger charge is 1.86. The topological polar surface area (TPSA) is 26.0 Å². The maximum absolute atomic E-state index is 5.38. The molecule has 0 atom stereocenters. The Morgan fingerprint density at radius 3 is 2.10 bits per heavy atom. The van der Waals surface area contributed by atoms with Gasteiger partial charge in [-0.15, -0.1) is 17.0 Å². The first kappa shape index (κ1) is 10.1. The Morgan fingerprint density at radius 1 is 1.20 bits per heavy atom. The summed E-state index contributed by atoms with van der Waals surface area (Å²) in [6, 6.07) is 7.98. The molecule has 10 heavy (non-hydrogen) atoms. The number of benzene rings is 1. The average molecular weight is 267 g/mol. The van der Waals surface area contributed by atoms with Gasteiger partial charge >= 0.3 is 0 Å². The Bertz CT molecular complexity index is 183. The molecule has 0 amide bonds. The predicted molar refractivity (Wildman–Crippen MR) is 52.4 cm³/mol. The lowest BCUT2D eigenvalue weighted by Gasteiger charge is -1.93. The van der Waals surface area contributed by atoms with Crippen LogP contribution in [0, 0.1) is 0 Å². The van der Waals surface area contributed by atoms with Crippen LogP contribution >= 0.6 is 32.9 Å². The fourth-order valence-electron chi connectivity index (χ4n) is 0.620. The minimum absolute atomic E-state index is 0. The van der Waals surface area contributed by atoms with E-state index in [2.05, 4.69) is 15.9 Å². The molecule has 0 spiro atoms. The van der Waals surface area contributed by atoms with Crippen LogP contribution in [0.5, 0.6) is 0 Å². The van der Waals surface area contributed by atoms with E-state index < -0.39 is 0 Å². The lowest BCUT2D eigenvalue weighted by atomic mass is 10.2. The number of hydrogen-bond donors (Lipinski definition) is 1. The first-order valence-electron chi connectivity index (χ1n) is 2.77. The normalized spacial score (nSPS) is 8.60. The van der Waals surface area contributed by atoms with Crippen LogP contribution in [0.3, 0.4) is 0 Å². The van der Waals surface area contributed by atoms with E-state index in [1.807, 2.05) is 24.3 Å². The molecule has 1 nitrogen and oxygen atoms in total. The van der Waals surface area contributed by atoms with Crippen molar-refractivity contribution in [3.05, 3.63) is 34.3 Å². The minimum Gasteiger partial charge on any atom is -0.326 e. The summed E-state index contributed by atoms with van der Waals surface area (Å²) < 4.78 is 1.10. The molecule has 0 fully saturated rings. The maximum atomic E-state index is 5.38. The molecule has 0 bridgehead atoms. The van der Waals surface area contributed by atoms with Crippen LogP contribution in [-0.2, 0) is 6.54 Å².